The van der Waals surface area contributed by atoms with Crippen LogP contribution in [0.3, 0.4) is 0 Å². The molecule has 130 valence electrons. The van der Waals surface area contributed by atoms with E-state index in [1.54, 1.807) is 0 Å². The third-order valence-electron chi connectivity index (χ3n) is 4.32. The fourth-order valence-corrected chi connectivity index (χ4v) is 3.88. The maximum Gasteiger partial charge on any atom is 0.237 e. The van der Waals surface area contributed by atoms with Crippen molar-refractivity contribution in [1.29, 1.82) is 0 Å². The summed E-state index contributed by atoms with van der Waals surface area (Å²) in [6.07, 6.45) is 0. The normalized spacial score (nSPS) is 12.3. The maximum atomic E-state index is 12.7. The molecule has 0 spiro atoms. The van der Waals surface area contributed by atoms with Crippen LogP contribution in [-0.4, -0.2) is 20.7 Å². The number of rotatable bonds is 5. The van der Waals surface area contributed by atoms with Gasteiger partial charge in [-0.1, -0.05) is 42.1 Å². The van der Waals surface area contributed by atoms with Crippen molar-refractivity contribution in [2.45, 2.75) is 44.6 Å². The lowest BCUT2D eigenvalue weighted by atomic mass is 10.1. The fourth-order valence-electron chi connectivity index (χ4n) is 2.90. The second kappa shape index (κ2) is 7.31. The predicted molar refractivity (Wildman–Crippen MR) is 105 cm³/mol. The van der Waals surface area contributed by atoms with Crippen LogP contribution < -0.4 is 5.32 Å². The lowest BCUT2D eigenvalue weighted by molar-refractivity contribution is -0.115. The molecule has 0 aliphatic heterocycles. The molecule has 1 atom stereocenters. The Morgan fingerprint density at radius 2 is 1.84 bits per heavy atom. The molecule has 1 amide bonds. The van der Waals surface area contributed by atoms with Crippen LogP contribution in [0.25, 0.3) is 11.0 Å². The average molecular weight is 353 g/mol. The summed E-state index contributed by atoms with van der Waals surface area (Å²) in [5.41, 5.74) is 5.13. The van der Waals surface area contributed by atoms with E-state index in [0.29, 0.717) is 0 Å². The smallest absolute Gasteiger partial charge is 0.237 e. The van der Waals surface area contributed by atoms with Gasteiger partial charge in [-0.2, -0.15) is 0 Å². The van der Waals surface area contributed by atoms with E-state index in [4.69, 9.17) is 4.98 Å². The van der Waals surface area contributed by atoms with Gasteiger partial charge in [-0.15, -0.1) is 0 Å². The Morgan fingerprint density at radius 3 is 2.52 bits per heavy atom. The van der Waals surface area contributed by atoms with Crippen LogP contribution in [0, 0.1) is 13.8 Å². The molecule has 1 aromatic heterocycles. The Kier molecular flexibility index (Phi) is 5.13. The highest BCUT2D eigenvalue weighted by molar-refractivity contribution is 8.00. The number of para-hydroxylation sites is 3. The van der Waals surface area contributed by atoms with Crippen molar-refractivity contribution >= 4 is 34.4 Å². The first-order valence-corrected chi connectivity index (χ1v) is 9.38. The minimum atomic E-state index is -0.235. The van der Waals surface area contributed by atoms with Crippen molar-refractivity contribution in [3.8, 4) is 0 Å². The molecule has 5 heteroatoms. The van der Waals surface area contributed by atoms with E-state index in [1.165, 1.54) is 11.8 Å². The molecule has 4 nitrogen and oxygen atoms in total. The SMILES string of the molecule is CCn1c(SC(C)C(=O)Nc2c(C)cccc2C)nc2ccccc21. The van der Waals surface area contributed by atoms with Gasteiger partial charge in [-0.3, -0.25) is 4.79 Å². The van der Waals surface area contributed by atoms with Crippen molar-refractivity contribution in [2.24, 2.45) is 0 Å². The second-order valence-electron chi connectivity index (χ2n) is 6.14. The van der Waals surface area contributed by atoms with Crippen molar-refractivity contribution in [3.05, 3.63) is 53.6 Å². The van der Waals surface area contributed by atoms with Crippen molar-refractivity contribution in [3.63, 3.8) is 0 Å². The molecule has 0 fully saturated rings. The second-order valence-corrected chi connectivity index (χ2v) is 7.45. The highest BCUT2D eigenvalue weighted by Crippen LogP contribution is 2.28. The van der Waals surface area contributed by atoms with Crippen LogP contribution in [-0.2, 0) is 11.3 Å². The van der Waals surface area contributed by atoms with Gasteiger partial charge < -0.3 is 9.88 Å². The Hall–Kier alpha value is -2.27. The van der Waals surface area contributed by atoms with Gasteiger partial charge in [0.25, 0.3) is 0 Å². The molecule has 1 heterocycles. The average Bonchev–Trinajstić information content (AvgIpc) is 2.95. The van der Waals surface area contributed by atoms with Gasteiger partial charge in [0.2, 0.25) is 5.91 Å². The molecule has 0 bridgehead atoms. The molecule has 0 saturated carbocycles. The molecule has 1 unspecified atom stereocenters. The highest BCUT2D eigenvalue weighted by atomic mass is 32.2. The summed E-state index contributed by atoms with van der Waals surface area (Å²) >= 11 is 1.50. The van der Waals surface area contributed by atoms with Crippen LogP contribution >= 0.6 is 11.8 Å². The number of aryl methyl sites for hydroxylation is 3. The predicted octanol–water partition coefficient (Wildman–Crippen LogP) is 4.79. The zero-order chi connectivity index (χ0) is 18.0. The minimum Gasteiger partial charge on any atom is -0.325 e. The van der Waals surface area contributed by atoms with E-state index in [1.807, 2.05) is 57.2 Å². The molecule has 3 rings (SSSR count). The molecule has 0 aliphatic carbocycles. The first-order chi connectivity index (χ1) is 12.0. The van der Waals surface area contributed by atoms with Crippen LogP contribution in [0.1, 0.15) is 25.0 Å². The van der Waals surface area contributed by atoms with Crippen LogP contribution in [0.2, 0.25) is 0 Å². The molecule has 2 aromatic carbocycles. The third-order valence-corrected chi connectivity index (χ3v) is 5.41. The number of anilines is 1. The molecule has 1 N–H and O–H groups in total. The van der Waals surface area contributed by atoms with Crippen LogP contribution in [0.5, 0.6) is 0 Å². The van der Waals surface area contributed by atoms with Gasteiger partial charge in [-0.25, -0.2) is 4.98 Å². The summed E-state index contributed by atoms with van der Waals surface area (Å²) in [5, 5.41) is 3.72. The number of hydrogen-bond donors (Lipinski definition) is 1. The van der Waals surface area contributed by atoms with Gasteiger partial charge in [0.15, 0.2) is 5.16 Å². The Balaban J connectivity index is 1.80. The van der Waals surface area contributed by atoms with Crippen molar-refractivity contribution in [2.75, 3.05) is 5.32 Å². The number of carbonyl (C=O) groups is 1. The van der Waals surface area contributed by atoms with E-state index < -0.39 is 0 Å². The number of aromatic nitrogens is 2. The van der Waals surface area contributed by atoms with E-state index in [9.17, 15) is 4.79 Å². The number of carbonyl (C=O) groups excluding carboxylic acids is 1. The molecular weight excluding hydrogens is 330 g/mol. The van der Waals surface area contributed by atoms with E-state index in [-0.39, 0.29) is 11.2 Å². The first-order valence-electron chi connectivity index (χ1n) is 8.50. The first kappa shape index (κ1) is 17.5. The largest absolute Gasteiger partial charge is 0.325 e. The summed E-state index contributed by atoms with van der Waals surface area (Å²) in [4.78, 5) is 17.4. The monoisotopic (exact) mass is 353 g/mol. The lowest BCUT2D eigenvalue weighted by Gasteiger charge is -2.15. The van der Waals surface area contributed by atoms with Gasteiger partial charge in [0, 0.05) is 12.2 Å². The van der Waals surface area contributed by atoms with E-state index in [2.05, 4.69) is 22.9 Å². The van der Waals surface area contributed by atoms with Crippen LogP contribution in [0.15, 0.2) is 47.6 Å². The lowest BCUT2D eigenvalue weighted by Crippen LogP contribution is -2.23. The Labute approximate surface area is 152 Å². The fraction of sp³-hybridized carbons (Fsp3) is 0.300. The number of amides is 1. The maximum absolute atomic E-state index is 12.7. The molecular formula is C20H23N3OS. The summed E-state index contributed by atoms with van der Waals surface area (Å²) in [7, 11) is 0. The number of thioether (sulfide) groups is 1. The minimum absolute atomic E-state index is 0.00268. The molecule has 3 aromatic rings. The summed E-state index contributed by atoms with van der Waals surface area (Å²) in [6.45, 7) is 8.87. The quantitative estimate of drug-likeness (QED) is 0.671. The van der Waals surface area contributed by atoms with Crippen molar-refractivity contribution < 1.29 is 4.79 Å². The van der Waals surface area contributed by atoms with Gasteiger partial charge in [0.05, 0.1) is 16.3 Å². The summed E-state index contributed by atoms with van der Waals surface area (Å²) in [6, 6.07) is 14.1. The number of nitrogens with zero attached hydrogens (tertiary/aromatic N) is 2. The number of nitrogens with one attached hydrogen (secondary N) is 1. The van der Waals surface area contributed by atoms with Crippen LogP contribution in [0.4, 0.5) is 5.69 Å². The van der Waals surface area contributed by atoms with Gasteiger partial charge in [-0.05, 0) is 51.0 Å². The topological polar surface area (TPSA) is 46.9 Å². The van der Waals surface area contributed by atoms with E-state index >= 15 is 0 Å². The summed E-state index contributed by atoms with van der Waals surface area (Å²) < 4.78 is 2.16. The molecule has 25 heavy (non-hydrogen) atoms. The standard InChI is InChI=1S/C20H23N3OS/c1-5-23-17-12-7-6-11-16(17)21-20(23)25-15(4)19(24)22-18-13(2)9-8-10-14(18)3/h6-12,15H,5H2,1-4H3,(H,22,24). The molecule has 0 radical (unpaired) electrons. The Morgan fingerprint density at radius 1 is 1.16 bits per heavy atom. The van der Waals surface area contributed by atoms with Gasteiger partial charge in [0.1, 0.15) is 0 Å². The number of fused-ring (bicyclic) bond motifs is 1. The molecule has 0 aliphatic rings. The molecule has 0 saturated heterocycles. The zero-order valence-electron chi connectivity index (χ0n) is 15.0. The number of benzene rings is 2. The van der Waals surface area contributed by atoms with Crippen molar-refractivity contribution in [1.82, 2.24) is 9.55 Å². The van der Waals surface area contributed by atoms with Gasteiger partial charge >= 0.3 is 0 Å². The van der Waals surface area contributed by atoms with E-state index in [0.717, 1.165) is 39.5 Å². The zero-order valence-corrected chi connectivity index (χ0v) is 15.9. The number of imidazole rings is 1. The third kappa shape index (κ3) is 3.56. The summed E-state index contributed by atoms with van der Waals surface area (Å²) in [5.74, 6) is -0.00268. The Bertz CT molecular complexity index is 896. The number of hydrogen-bond acceptors (Lipinski definition) is 3. The highest BCUT2D eigenvalue weighted by Gasteiger charge is 2.20.